The van der Waals surface area contributed by atoms with Crippen molar-refractivity contribution in [2.45, 2.75) is 38.1 Å². The van der Waals surface area contributed by atoms with Gasteiger partial charge in [-0.25, -0.2) is 0 Å². The summed E-state index contributed by atoms with van der Waals surface area (Å²) >= 11 is 6.09. The fourth-order valence-electron chi connectivity index (χ4n) is 3.05. The number of anilines is 1. The third-order valence-electron chi connectivity index (χ3n) is 4.50. The Morgan fingerprint density at radius 3 is 2.89 bits per heavy atom. The molecule has 1 unspecified atom stereocenters. The lowest BCUT2D eigenvalue weighted by Gasteiger charge is -2.20. The average Bonchev–Trinajstić information content (AvgIpc) is 3.11. The minimum atomic E-state index is -0.138. The molecular formula is C19H30ClIN4O2. The van der Waals surface area contributed by atoms with Gasteiger partial charge in [-0.3, -0.25) is 9.79 Å². The fourth-order valence-corrected chi connectivity index (χ4v) is 3.24. The Labute approximate surface area is 184 Å². The second-order valence-corrected chi connectivity index (χ2v) is 6.88. The van der Waals surface area contributed by atoms with Gasteiger partial charge in [-0.2, -0.15) is 0 Å². The number of carbonyl (C=O) groups is 1. The third kappa shape index (κ3) is 8.55. The van der Waals surface area contributed by atoms with Gasteiger partial charge >= 0.3 is 5.97 Å². The number of nitrogens with one attached hydrogen (secondary N) is 2. The Balaban J connectivity index is 0.00000364. The average molecular weight is 509 g/mol. The predicted octanol–water partition coefficient (Wildman–Crippen LogP) is 3.44. The maximum atomic E-state index is 11.1. The van der Waals surface area contributed by atoms with Crippen LogP contribution in [0.3, 0.4) is 0 Å². The summed E-state index contributed by atoms with van der Waals surface area (Å²) in [5.74, 6) is 0.692. The first-order chi connectivity index (χ1) is 12.6. The van der Waals surface area contributed by atoms with Crippen molar-refractivity contribution in [2.75, 3.05) is 38.7 Å². The largest absolute Gasteiger partial charge is 0.469 e. The predicted molar refractivity (Wildman–Crippen MR) is 122 cm³/mol. The standard InChI is InChI=1S/C19H29ClN4O2.HI/c1-21-19(22-11-5-3-4-9-18(25)26-2)23-16-10-12-24(14-16)17-8-6-7-15(20)13-17;/h6-8,13,16H,3-5,9-12,14H2,1-2H3,(H2,21,22,23);1H. The molecule has 1 aliphatic rings. The molecule has 1 aromatic carbocycles. The van der Waals surface area contributed by atoms with Crippen LogP contribution in [0.4, 0.5) is 5.69 Å². The molecule has 1 saturated heterocycles. The monoisotopic (exact) mass is 508 g/mol. The number of nitrogens with zero attached hydrogens (tertiary/aromatic N) is 2. The van der Waals surface area contributed by atoms with E-state index >= 15 is 0 Å². The number of halogens is 2. The minimum absolute atomic E-state index is 0. The third-order valence-corrected chi connectivity index (χ3v) is 4.74. The van der Waals surface area contributed by atoms with E-state index in [1.807, 2.05) is 18.2 Å². The molecule has 0 aromatic heterocycles. The summed E-state index contributed by atoms with van der Waals surface area (Å²) in [7, 11) is 3.21. The number of esters is 1. The lowest BCUT2D eigenvalue weighted by Crippen LogP contribution is -2.44. The number of ether oxygens (including phenoxy) is 1. The summed E-state index contributed by atoms with van der Waals surface area (Å²) in [4.78, 5) is 17.7. The van der Waals surface area contributed by atoms with E-state index < -0.39 is 0 Å². The zero-order chi connectivity index (χ0) is 18.8. The van der Waals surface area contributed by atoms with Crippen molar-refractivity contribution in [1.82, 2.24) is 10.6 Å². The van der Waals surface area contributed by atoms with Crippen molar-refractivity contribution in [1.29, 1.82) is 0 Å². The van der Waals surface area contributed by atoms with E-state index in [1.54, 1.807) is 7.05 Å². The van der Waals surface area contributed by atoms with Crippen molar-refractivity contribution in [3.05, 3.63) is 29.3 Å². The molecule has 2 N–H and O–H groups in total. The molecule has 0 bridgehead atoms. The first-order valence-corrected chi connectivity index (χ1v) is 9.54. The van der Waals surface area contributed by atoms with Crippen LogP contribution in [0.25, 0.3) is 0 Å². The second kappa shape index (κ2) is 13.0. The Kier molecular flexibility index (Phi) is 11.5. The zero-order valence-electron chi connectivity index (χ0n) is 16.0. The maximum Gasteiger partial charge on any atom is 0.305 e. The Morgan fingerprint density at radius 1 is 1.37 bits per heavy atom. The van der Waals surface area contributed by atoms with E-state index in [1.165, 1.54) is 7.11 Å². The Hall–Kier alpha value is -1.22. The molecule has 0 saturated carbocycles. The molecule has 27 heavy (non-hydrogen) atoms. The van der Waals surface area contributed by atoms with E-state index in [0.29, 0.717) is 12.5 Å². The van der Waals surface area contributed by atoms with Crippen LogP contribution >= 0.6 is 35.6 Å². The summed E-state index contributed by atoms with van der Waals surface area (Å²) in [5, 5.41) is 7.60. The first kappa shape index (κ1) is 23.8. The molecule has 6 nitrogen and oxygen atoms in total. The van der Waals surface area contributed by atoms with E-state index in [-0.39, 0.29) is 29.9 Å². The number of methoxy groups -OCH3 is 1. The lowest BCUT2D eigenvalue weighted by atomic mass is 10.2. The highest BCUT2D eigenvalue weighted by atomic mass is 127. The SMILES string of the molecule is CN=C(NCCCCCC(=O)OC)NC1CCN(c2cccc(Cl)c2)C1.I. The number of rotatable bonds is 8. The lowest BCUT2D eigenvalue weighted by molar-refractivity contribution is -0.140. The van der Waals surface area contributed by atoms with E-state index in [9.17, 15) is 4.79 Å². The Bertz CT molecular complexity index is 615. The van der Waals surface area contributed by atoms with Crippen molar-refractivity contribution < 1.29 is 9.53 Å². The summed E-state index contributed by atoms with van der Waals surface area (Å²) in [5.41, 5.74) is 1.16. The van der Waals surface area contributed by atoms with Crippen LogP contribution in [0.15, 0.2) is 29.3 Å². The molecule has 1 aliphatic heterocycles. The summed E-state index contributed by atoms with van der Waals surface area (Å²) in [6.07, 6.45) is 4.40. The molecule has 2 rings (SSSR count). The molecular weight excluding hydrogens is 479 g/mol. The van der Waals surface area contributed by atoms with Gasteiger partial charge in [-0.1, -0.05) is 24.1 Å². The number of carbonyl (C=O) groups excluding carboxylic acids is 1. The van der Waals surface area contributed by atoms with Gasteiger partial charge in [0.2, 0.25) is 0 Å². The van der Waals surface area contributed by atoms with Crippen molar-refractivity contribution in [2.24, 2.45) is 4.99 Å². The summed E-state index contributed by atoms with van der Waals surface area (Å²) in [6, 6.07) is 8.34. The van der Waals surface area contributed by atoms with Gasteiger partial charge in [0.1, 0.15) is 0 Å². The fraction of sp³-hybridized carbons (Fsp3) is 0.579. The zero-order valence-corrected chi connectivity index (χ0v) is 19.1. The number of hydrogen-bond donors (Lipinski definition) is 2. The number of unbranched alkanes of at least 4 members (excludes halogenated alkanes) is 2. The van der Waals surface area contributed by atoms with Crippen LogP contribution in [0.1, 0.15) is 32.1 Å². The van der Waals surface area contributed by atoms with E-state index in [2.05, 4.69) is 31.3 Å². The van der Waals surface area contributed by atoms with E-state index in [4.69, 9.17) is 11.6 Å². The van der Waals surface area contributed by atoms with Crippen LogP contribution in [-0.2, 0) is 9.53 Å². The minimum Gasteiger partial charge on any atom is -0.469 e. The molecule has 1 fully saturated rings. The number of aliphatic imine (C=N–C) groups is 1. The maximum absolute atomic E-state index is 11.1. The Morgan fingerprint density at radius 2 is 2.19 bits per heavy atom. The highest BCUT2D eigenvalue weighted by molar-refractivity contribution is 14.0. The van der Waals surface area contributed by atoms with Crippen LogP contribution in [0.5, 0.6) is 0 Å². The van der Waals surface area contributed by atoms with Crippen molar-refractivity contribution in [3.63, 3.8) is 0 Å². The molecule has 1 heterocycles. The molecule has 0 aliphatic carbocycles. The van der Waals surface area contributed by atoms with Crippen LogP contribution in [0, 0.1) is 0 Å². The van der Waals surface area contributed by atoms with Gasteiger partial charge in [0, 0.05) is 49.9 Å². The van der Waals surface area contributed by atoms with Crippen LogP contribution < -0.4 is 15.5 Å². The van der Waals surface area contributed by atoms with Gasteiger partial charge in [0.05, 0.1) is 7.11 Å². The molecule has 152 valence electrons. The second-order valence-electron chi connectivity index (χ2n) is 6.44. The molecule has 1 aromatic rings. The van der Waals surface area contributed by atoms with Gasteiger partial charge in [0.25, 0.3) is 0 Å². The van der Waals surface area contributed by atoms with Gasteiger partial charge in [0.15, 0.2) is 5.96 Å². The van der Waals surface area contributed by atoms with Crippen LogP contribution in [0.2, 0.25) is 5.02 Å². The topological polar surface area (TPSA) is 66.0 Å². The molecule has 0 radical (unpaired) electrons. The highest BCUT2D eigenvalue weighted by Gasteiger charge is 2.23. The van der Waals surface area contributed by atoms with Gasteiger partial charge in [-0.15, -0.1) is 24.0 Å². The number of benzene rings is 1. The smallest absolute Gasteiger partial charge is 0.305 e. The molecule has 8 heteroatoms. The molecule has 0 amide bonds. The molecule has 0 spiro atoms. The van der Waals surface area contributed by atoms with Crippen molar-refractivity contribution >= 4 is 53.2 Å². The molecule has 1 atom stereocenters. The van der Waals surface area contributed by atoms with Crippen LogP contribution in [-0.4, -0.2) is 51.8 Å². The normalized spacial score (nSPS) is 16.6. The van der Waals surface area contributed by atoms with Gasteiger partial charge < -0.3 is 20.3 Å². The highest BCUT2D eigenvalue weighted by Crippen LogP contribution is 2.23. The van der Waals surface area contributed by atoms with Gasteiger partial charge in [-0.05, 0) is 37.5 Å². The number of guanidine groups is 1. The summed E-state index contributed by atoms with van der Waals surface area (Å²) < 4.78 is 4.64. The van der Waals surface area contributed by atoms with E-state index in [0.717, 1.165) is 62.0 Å². The summed E-state index contributed by atoms with van der Waals surface area (Å²) in [6.45, 7) is 2.77. The first-order valence-electron chi connectivity index (χ1n) is 9.17. The number of hydrogen-bond acceptors (Lipinski definition) is 4. The quantitative estimate of drug-likeness (QED) is 0.185. The van der Waals surface area contributed by atoms with Crippen molar-refractivity contribution in [3.8, 4) is 0 Å².